The molecule has 2 aromatic carbocycles. The third-order valence-corrected chi connectivity index (χ3v) is 4.46. The zero-order valence-electron chi connectivity index (χ0n) is 16.2. The summed E-state index contributed by atoms with van der Waals surface area (Å²) in [5.74, 6) is -0.118. The number of carbonyl (C=O) groups excluding carboxylic acids is 2. The lowest BCUT2D eigenvalue weighted by atomic mass is 10.1. The topological polar surface area (TPSA) is 81.9 Å². The minimum absolute atomic E-state index is 0.288. The fraction of sp³-hybridized carbons (Fsp3) is 0.0870. The van der Waals surface area contributed by atoms with Crippen LogP contribution in [0.2, 0.25) is 0 Å². The van der Waals surface area contributed by atoms with Crippen LogP contribution < -0.4 is 10.1 Å². The zero-order valence-corrected chi connectivity index (χ0v) is 16.2. The van der Waals surface area contributed by atoms with E-state index < -0.39 is 5.97 Å². The first-order valence-electron chi connectivity index (χ1n) is 9.27. The van der Waals surface area contributed by atoms with Gasteiger partial charge in [-0.05, 0) is 48.5 Å². The number of anilines is 1. The van der Waals surface area contributed by atoms with Gasteiger partial charge in [0.2, 0.25) is 0 Å². The summed E-state index contributed by atoms with van der Waals surface area (Å²) in [6.45, 7) is 0.314. The van der Waals surface area contributed by atoms with Crippen molar-refractivity contribution in [2.24, 2.45) is 0 Å². The average molecular weight is 401 g/mol. The molecule has 30 heavy (non-hydrogen) atoms. The first-order valence-corrected chi connectivity index (χ1v) is 9.27. The smallest absolute Gasteiger partial charge is 0.337 e. The predicted molar refractivity (Wildman–Crippen MR) is 112 cm³/mol. The van der Waals surface area contributed by atoms with E-state index in [1.54, 1.807) is 42.5 Å². The van der Waals surface area contributed by atoms with Gasteiger partial charge in [-0.25, -0.2) is 9.78 Å². The highest BCUT2D eigenvalue weighted by molar-refractivity contribution is 6.04. The Morgan fingerprint density at radius 3 is 2.57 bits per heavy atom. The summed E-state index contributed by atoms with van der Waals surface area (Å²) in [7, 11) is 1.31. The van der Waals surface area contributed by atoms with Crippen LogP contribution in [0.3, 0.4) is 0 Å². The second-order valence-electron chi connectivity index (χ2n) is 6.54. The SMILES string of the molecule is COC(=O)c1ccc(C(=O)Nc2cccc(OCc3cn4ccccc4n3)c2)cc1. The minimum Gasteiger partial charge on any atom is -0.487 e. The number of hydrogen-bond acceptors (Lipinski definition) is 5. The van der Waals surface area contributed by atoms with Gasteiger partial charge in [0, 0.05) is 29.7 Å². The molecule has 0 spiro atoms. The van der Waals surface area contributed by atoms with Crippen LogP contribution >= 0.6 is 0 Å². The number of carbonyl (C=O) groups is 2. The highest BCUT2D eigenvalue weighted by atomic mass is 16.5. The first kappa shape index (κ1) is 19.2. The van der Waals surface area contributed by atoms with E-state index in [4.69, 9.17) is 4.74 Å². The monoisotopic (exact) mass is 401 g/mol. The van der Waals surface area contributed by atoms with Gasteiger partial charge in [0.25, 0.3) is 5.91 Å². The number of rotatable bonds is 6. The predicted octanol–water partition coefficient (Wildman–Crippen LogP) is 3.95. The number of nitrogens with one attached hydrogen (secondary N) is 1. The molecule has 150 valence electrons. The lowest BCUT2D eigenvalue weighted by molar-refractivity contribution is 0.0600. The number of hydrogen-bond donors (Lipinski definition) is 1. The number of pyridine rings is 1. The average Bonchev–Trinajstić information content (AvgIpc) is 3.20. The Balaban J connectivity index is 1.40. The van der Waals surface area contributed by atoms with Crippen molar-refractivity contribution in [1.82, 2.24) is 9.38 Å². The fourth-order valence-electron chi connectivity index (χ4n) is 2.96. The van der Waals surface area contributed by atoms with Crippen LogP contribution in [-0.2, 0) is 11.3 Å². The molecule has 7 nitrogen and oxygen atoms in total. The van der Waals surface area contributed by atoms with Crippen LogP contribution in [0, 0.1) is 0 Å². The number of imidazole rings is 1. The first-order chi connectivity index (χ1) is 14.6. The molecule has 0 aliphatic carbocycles. The van der Waals surface area contributed by atoms with E-state index in [-0.39, 0.29) is 5.91 Å². The molecule has 1 N–H and O–H groups in total. The molecule has 7 heteroatoms. The zero-order chi connectivity index (χ0) is 20.9. The van der Waals surface area contributed by atoms with Crippen LogP contribution in [0.1, 0.15) is 26.4 Å². The standard InChI is InChI=1S/C23H19N3O4/c1-29-23(28)17-10-8-16(9-11-17)22(27)25-18-5-4-6-20(13-18)30-15-19-14-26-12-3-2-7-21(26)24-19/h2-14H,15H2,1H3,(H,25,27). The summed E-state index contributed by atoms with van der Waals surface area (Å²) >= 11 is 0. The normalized spacial score (nSPS) is 10.6. The lowest BCUT2D eigenvalue weighted by Crippen LogP contribution is -2.12. The van der Waals surface area contributed by atoms with Crippen LogP contribution in [0.4, 0.5) is 5.69 Å². The fourth-order valence-corrected chi connectivity index (χ4v) is 2.96. The lowest BCUT2D eigenvalue weighted by Gasteiger charge is -2.09. The maximum absolute atomic E-state index is 12.5. The molecule has 4 aromatic rings. The highest BCUT2D eigenvalue weighted by Crippen LogP contribution is 2.19. The molecule has 0 bridgehead atoms. The van der Waals surface area contributed by atoms with Crippen LogP contribution in [0.25, 0.3) is 5.65 Å². The Kier molecular flexibility index (Phi) is 5.43. The van der Waals surface area contributed by atoms with Gasteiger partial charge >= 0.3 is 5.97 Å². The van der Waals surface area contributed by atoms with Crippen molar-refractivity contribution in [2.75, 3.05) is 12.4 Å². The van der Waals surface area contributed by atoms with Crippen molar-refractivity contribution in [2.45, 2.75) is 6.61 Å². The van der Waals surface area contributed by atoms with E-state index in [2.05, 4.69) is 15.0 Å². The number of benzene rings is 2. The van der Waals surface area contributed by atoms with Gasteiger partial charge in [0.05, 0.1) is 18.4 Å². The number of methoxy groups -OCH3 is 1. The highest BCUT2D eigenvalue weighted by Gasteiger charge is 2.10. The number of amides is 1. The summed E-state index contributed by atoms with van der Waals surface area (Å²) < 4.78 is 12.4. The Morgan fingerprint density at radius 1 is 1.00 bits per heavy atom. The number of esters is 1. The molecule has 0 radical (unpaired) electrons. The molecule has 0 saturated carbocycles. The van der Waals surface area contributed by atoms with E-state index in [9.17, 15) is 9.59 Å². The quantitative estimate of drug-likeness (QED) is 0.495. The molecule has 2 heterocycles. The number of fused-ring (bicyclic) bond motifs is 1. The second-order valence-corrected chi connectivity index (χ2v) is 6.54. The van der Waals surface area contributed by atoms with Crippen molar-refractivity contribution in [1.29, 1.82) is 0 Å². The Labute approximate surface area is 172 Å². The van der Waals surface area contributed by atoms with Gasteiger partial charge in [-0.1, -0.05) is 12.1 Å². The van der Waals surface area contributed by atoms with Gasteiger partial charge < -0.3 is 19.2 Å². The molecular formula is C23H19N3O4. The van der Waals surface area contributed by atoms with E-state index in [0.29, 0.717) is 29.2 Å². The number of aromatic nitrogens is 2. The van der Waals surface area contributed by atoms with Crippen LogP contribution in [0.5, 0.6) is 5.75 Å². The van der Waals surface area contributed by atoms with Crippen LogP contribution in [0.15, 0.2) is 79.1 Å². The molecule has 0 saturated heterocycles. The Hall–Kier alpha value is -4.13. The van der Waals surface area contributed by atoms with E-state index >= 15 is 0 Å². The van der Waals surface area contributed by atoms with Crippen molar-refractivity contribution in [3.05, 3.63) is 95.9 Å². The molecule has 4 rings (SSSR count). The maximum Gasteiger partial charge on any atom is 0.337 e. The van der Waals surface area contributed by atoms with Gasteiger partial charge in [-0.2, -0.15) is 0 Å². The molecule has 0 unspecified atom stereocenters. The largest absolute Gasteiger partial charge is 0.487 e. The molecule has 0 aliphatic heterocycles. The third kappa shape index (κ3) is 4.30. The molecule has 2 aromatic heterocycles. The molecule has 0 aliphatic rings. The summed E-state index contributed by atoms with van der Waals surface area (Å²) in [6, 6.07) is 19.2. The van der Waals surface area contributed by atoms with Crippen LogP contribution in [-0.4, -0.2) is 28.4 Å². The second kappa shape index (κ2) is 8.48. The van der Waals surface area contributed by atoms with Gasteiger partial charge in [0.1, 0.15) is 18.0 Å². The number of nitrogens with zero attached hydrogens (tertiary/aromatic N) is 2. The molecular weight excluding hydrogens is 382 g/mol. The van der Waals surface area contributed by atoms with Crippen molar-refractivity contribution in [3.8, 4) is 5.75 Å². The molecule has 0 fully saturated rings. The van der Waals surface area contributed by atoms with Gasteiger partial charge in [-0.3, -0.25) is 4.79 Å². The number of ether oxygens (including phenoxy) is 2. The summed E-state index contributed by atoms with van der Waals surface area (Å²) in [4.78, 5) is 28.5. The van der Waals surface area contributed by atoms with E-state index in [0.717, 1.165) is 11.3 Å². The minimum atomic E-state index is -0.447. The van der Waals surface area contributed by atoms with Crippen molar-refractivity contribution in [3.63, 3.8) is 0 Å². The molecule has 0 atom stereocenters. The summed E-state index contributed by atoms with van der Waals surface area (Å²) in [5.41, 5.74) is 3.08. The summed E-state index contributed by atoms with van der Waals surface area (Å²) in [5, 5.41) is 2.83. The third-order valence-electron chi connectivity index (χ3n) is 4.46. The van der Waals surface area contributed by atoms with Crippen molar-refractivity contribution < 1.29 is 19.1 Å². The molecule has 1 amide bonds. The Morgan fingerprint density at radius 2 is 1.80 bits per heavy atom. The van der Waals surface area contributed by atoms with Gasteiger partial charge in [-0.15, -0.1) is 0 Å². The van der Waals surface area contributed by atoms with Crippen molar-refractivity contribution >= 4 is 23.2 Å². The van der Waals surface area contributed by atoms with E-state index in [1.165, 1.54) is 7.11 Å². The van der Waals surface area contributed by atoms with Gasteiger partial charge in [0.15, 0.2) is 0 Å². The maximum atomic E-state index is 12.5. The van der Waals surface area contributed by atoms with E-state index in [1.807, 2.05) is 41.1 Å². The Bertz CT molecular complexity index is 1170. The summed E-state index contributed by atoms with van der Waals surface area (Å²) in [6.07, 6.45) is 3.85.